The van der Waals surface area contributed by atoms with Gasteiger partial charge in [0.15, 0.2) is 0 Å². The molecule has 1 aliphatic carbocycles. The van der Waals surface area contributed by atoms with E-state index >= 15 is 0 Å². The van der Waals surface area contributed by atoms with E-state index < -0.39 is 20.9 Å². The Kier molecular flexibility index (Phi) is 8.02. The second-order valence-corrected chi connectivity index (χ2v) is 10.8. The number of benzene rings is 1. The molecule has 186 valence electrons. The van der Waals surface area contributed by atoms with Gasteiger partial charge in [-0.05, 0) is 67.3 Å². The van der Waals surface area contributed by atoms with Gasteiger partial charge in [0.25, 0.3) is 15.9 Å². The van der Waals surface area contributed by atoms with Gasteiger partial charge in [-0.15, -0.1) is 0 Å². The zero-order valence-corrected chi connectivity index (χ0v) is 20.4. The Morgan fingerprint density at radius 3 is 2.63 bits per heavy atom. The van der Waals surface area contributed by atoms with Crippen LogP contribution in [0.4, 0.5) is 0 Å². The number of nitrogens with zero attached hydrogens (tertiary/aromatic N) is 2. The summed E-state index contributed by atoms with van der Waals surface area (Å²) in [5.74, 6) is -0.702. The van der Waals surface area contributed by atoms with E-state index in [9.17, 15) is 13.2 Å². The molecule has 1 saturated heterocycles. The minimum Gasteiger partial charge on any atom is -0.354 e. The lowest BCUT2D eigenvalue weighted by atomic mass is 9.98. The number of aromatic nitrogens is 1. The number of allylic oxidation sites excluding steroid dienone is 2. The van der Waals surface area contributed by atoms with Crippen LogP contribution < -0.4 is 5.48 Å². The number of likely N-dealkylation sites (tertiary alicyclic amines) is 1. The zero-order valence-electron chi connectivity index (χ0n) is 19.5. The molecule has 35 heavy (non-hydrogen) atoms. The molecule has 1 aromatic heterocycles. The summed E-state index contributed by atoms with van der Waals surface area (Å²) in [7, 11) is -3.99. The van der Waals surface area contributed by atoms with Gasteiger partial charge in [-0.3, -0.25) is 10.0 Å². The standard InChI is InChI=1S/C26H31N3O5S/c30-25(27-31)10-9-22-13-19-29(21-22)35(32,33)26(34-20-6-18-28-16-4-5-17-28)14-11-24(12-15-26)23-7-2-1-3-8-23/h1-3,7-14,19,21,31H,4-6,15-18,20H2,(H,27,30)/b10-9+. The van der Waals surface area contributed by atoms with Gasteiger partial charge in [-0.1, -0.05) is 42.5 Å². The molecule has 1 aromatic carbocycles. The van der Waals surface area contributed by atoms with E-state index in [1.165, 1.54) is 36.8 Å². The molecule has 0 spiro atoms. The average molecular weight is 498 g/mol. The molecule has 9 heteroatoms. The van der Waals surface area contributed by atoms with Crippen LogP contribution in [0.25, 0.3) is 11.6 Å². The fourth-order valence-corrected chi connectivity index (χ4v) is 5.99. The predicted molar refractivity (Wildman–Crippen MR) is 135 cm³/mol. The first-order valence-corrected chi connectivity index (χ1v) is 13.2. The molecule has 8 nitrogen and oxygen atoms in total. The second-order valence-electron chi connectivity index (χ2n) is 8.71. The van der Waals surface area contributed by atoms with Gasteiger partial charge < -0.3 is 9.64 Å². The Hall–Kier alpha value is -2.98. The Bertz CT molecular complexity index is 1210. The normalized spacial score (nSPS) is 20.9. The molecule has 2 aliphatic rings. The first-order chi connectivity index (χ1) is 16.9. The number of hydrogen-bond donors (Lipinski definition) is 2. The van der Waals surface area contributed by atoms with Crippen molar-refractivity contribution in [2.75, 3.05) is 26.2 Å². The maximum Gasteiger partial charge on any atom is 0.272 e. The number of carbonyl (C=O) groups excluding carboxylic acids is 1. The van der Waals surface area contributed by atoms with E-state index in [-0.39, 0.29) is 6.42 Å². The molecular formula is C26H31N3O5S. The van der Waals surface area contributed by atoms with Gasteiger partial charge >= 0.3 is 0 Å². The number of ether oxygens (including phenoxy) is 1. The summed E-state index contributed by atoms with van der Waals surface area (Å²) in [6.07, 6.45) is 14.1. The molecule has 1 aliphatic heterocycles. The van der Waals surface area contributed by atoms with Gasteiger partial charge in [0.1, 0.15) is 0 Å². The summed E-state index contributed by atoms with van der Waals surface area (Å²) in [6.45, 7) is 3.37. The largest absolute Gasteiger partial charge is 0.354 e. The molecular weight excluding hydrogens is 466 g/mol. The minimum absolute atomic E-state index is 0.177. The molecule has 2 heterocycles. The Labute approximate surface area is 206 Å². The quantitative estimate of drug-likeness (QED) is 0.226. The molecule has 2 N–H and O–H groups in total. The fourth-order valence-electron chi connectivity index (χ4n) is 4.39. The van der Waals surface area contributed by atoms with Crippen LogP contribution in [0.2, 0.25) is 0 Å². The van der Waals surface area contributed by atoms with Crippen LogP contribution in [-0.4, -0.2) is 59.6 Å². The number of nitrogens with one attached hydrogen (secondary N) is 1. The lowest BCUT2D eigenvalue weighted by Crippen LogP contribution is -2.44. The summed E-state index contributed by atoms with van der Waals surface area (Å²) >= 11 is 0. The number of hydroxylamine groups is 1. The summed E-state index contributed by atoms with van der Waals surface area (Å²) in [5, 5.41) is 8.64. The lowest BCUT2D eigenvalue weighted by molar-refractivity contribution is -0.124. The molecule has 1 atom stereocenters. The van der Waals surface area contributed by atoms with Crippen molar-refractivity contribution < 1.29 is 23.2 Å². The van der Waals surface area contributed by atoms with Crippen LogP contribution in [0.15, 0.2) is 73.1 Å². The highest BCUT2D eigenvalue weighted by molar-refractivity contribution is 7.91. The molecule has 0 radical (unpaired) electrons. The third-order valence-corrected chi connectivity index (χ3v) is 8.41. The van der Waals surface area contributed by atoms with Crippen molar-refractivity contribution in [1.29, 1.82) is 0 Å². The molecule has 0 saturated carbocycles. The average Bonchev–Trinajstić information content (AvgIpc) is 3.59. The topological polar surface area (TPSA) is 101 Å². The maximum atomic E-state index is 13.8. The third-order valence-electron chi connectivity index (χ3n) is 6.34. The second kappa shape index (κ2) is 11.2. The zero-order chi connectivity index (χ0) is 24.7. The van der Waals surface area contributed by atoms with E-state index in [0.29, 0.717) is 12.2 Å². The van der Waals surface area contributed by atoms with Crippen molar-refractivity contribution >= 4 is 27.6 Å². The molecule has 2 aromatic rings. The Balaban J connectivity index is 1.55. The number of rotatable bonds is 10. The van der Waals surface area contributed by atoms with Gasteiger partial charge in [0.05, 0.1) is 6.61 Å². The van der Waals surface area contributed by atoms with Crippen molar-refractivity contribution in [3.05, 3.63) is 84.2 Å². The van der Waals surface area contributed by atoms with Crippen molar-refractivity contribution in [2.45, 2.75) is 30.6 Å². The highest BCUT2D eigenvalue weighted by Crippen LogP contribution is 2.35. The minimum atomic E-state index is -3.99. The lowest BCUT2D eigenvalue weighted by Gasteiger charge is -2.32. The summed E-state index contributed by atoms with van der Waals surface area (Å²) in [6, 6.07) is 11.4. The Morgan fingerprint density at radius 1 is 1.17 bits per heavy atom. The maximum absolute atomic E-state index is 13.8. The first-order valence-electron chi connectivity index (χ1n) is 11.8. The van der Waals surface area contributed by atoms with E-state index in [2.05, 4.69) is 4.90 Å². The predicted octanol–water partition coefficient (Wildman–Crippen LogP) is 3.43. The highest BCUT2D eigenvalue weighted by atomic mass is 32.2. The monoisotopic (exact) mass is 497 g/mol. The van der Waals surface area contributed by atoms with Crippen LogP contribution in [0.1, 0.15) is 36.8 Å². The Morgan fingerprint density at radius 2 is 1.94 bits per heavy atom. The number of hydrogen-bond acceptors (Lipinski definition) is 6. The molecule has 0 bridgehead atoms. The van der Waals surface area contributed by atoms with E-state index in [1.807, 2.05) is 42.5 Å². The summed E-state index contributed by atoms with van der Waals surface area (Å²) in [4.78, 5) is 12.1. The van der Waals surface area contributed by atoms with Crippen LogP contribution >= 0.6 is 0 Å². The molecule has 1 amide bonds. The van der Waals surface area contributed by atoms with E-state index in [1.54, 1.807) is 12.1 Å². The van der Waals surface area contributed by atoms with Crippen LogP contribution in [0.3, 0.4) is 0 Å². The van der Waals surface area contributed by atoms with Crippen molar-refractivity contribution in [2.24, 2.45) is 0 Å². The van der Waals surface area contributed by atoms with Gasteiger partial charge in [0.2, 0.25) is 4.93 Å². The first kappa shape index (κ1) is 25.1. The highest BCUT2D eigenvalue weighted by Gasteiger charge is 2.44. The SMILES string of the molecule is O=C(/C=C/c1ccn(S(=O)(=O)C2(OCCCN3CCCC3)C=CC(c3ccccc3)=CC2)c1)NO. The van der Waals surface area contributed by atoms with Crippen LogP contribution in [0, 0.1) is 0 Å². The summed E-state index contributed by atoms with van der Waals surface area (Å²) < 4.78 is 34.9. The fraction of sp³-hybridized carbons (Fsp3) is 0.346. The third kappa shape index (κ3) is 5.82. The van der Waals surface area contributed by atoms with Crippen molar-refractivity contribution in [1.82, 2.24) is 14.4 Å². The smallest absolute Gasteiger partial charge is 0.272 e. The molecule has 4 rings (SSSR count). The molecule has 1 unspecified atom stereocenters. The van der Waals surface area contributed by atoms with Crippen LogP contribution in [0.5, 0.6) is 0 Å². The summed E-state index contributed by atoms with van der Waals surface area (Å²) in [5.41, 5.74) is 3.97. The van der Waals surface area contributed by atoms with Gasteiger partial charge in [-0.25, -0.2) is 17.9 Å². The number of carbonyl (C=O) groups is 1. The molecule has 1 fully saturated rings. The van der Waals surface area contributed by atoms with Crippen molar-refractivity contribution in [3.63, 3.8) is 0 Å². The number of amides is 1. The van der Waals surface area contributed by atoms with Crippen molar-refractivity contribution in [3.8, 4) is 0 Å². The van der Waals surface area contributed by atoms with Crippen LogP contribution in [-0.2, 0) is 19.6 Å². The van der Waals surface area contributed by atoms with Gasteiger partial charge in [0, 0.05) is 31.4 Å². The van der Waals surface area contributed by atoms with E-state index in [4.69, 9.17) is 9.94 Å². The van der Waals surface area contributed by atoms with E-state index in [0.717, 1.165) is 47.2 Å². The van der Waals surface area contributed by atoms with Gasteiger partial charge in [-0.2, -0.15) is 0 Å².